The highest BCUT2D eigenvalue weighted by Crippen LogP contribution is 2.03. The van der Waals surface area contributed by atoms with Gasteiger partial charge in [0.15, 0.2) is 0 Å². The number of hydrogen-bond acceptors (Lipinski definition) is 3. The van der Waals surface area contributed by atoms with E-state index in [1.165, 1.54) is 0 Å². The smallest absolute Gasteiger partial charge is 0.108 e. The Bertz CT molecular complexity index is 286. The van der Waals surface area contributed by atoms with Gasteiger partial charge in [0.2, 0.25) is 0 Å². The van der Waals surface area contributed by atoms with Crippen LogP contribution in [-0.4, -0.2) is 35.4 Å². The van der Waals surface area contributed by atoms with E-state index in [9.17, 15) is 0 Å². The number of imidazole rings is 1. The summed E-state index contributed by atoms with van der Waals surface area (Å²) in [5.41, 5.74) is 0. The van der Waals surface area contributed by atoms with Crippen molar-refractivity contribution in [2.24, 2.45) is 7.05 Å². The number of aromatic nitrogens is 2. The van der Waals surface area contributed by atoms with Gasteiger partial charge in [0.25, 0.3) is 0 Å². The maximum atomic E-state index is 5.46. The van der Waals surface area contributed by atoms with Crippen LogP contribution in [0.1, 0.15) is 26.1 Å². The van der Waals surface area contributed by atoms with Crippen molar-refractivity contribution in [1.29, 1.82) is 0 Å². The first-order chi connectivity index (χ1) is 7.77. The molecule has 1 atom stereocenters. The molecule has 0 aliphatic rings. The minimum Gasteiger partial charge on any atom is -0.380 e. The van der Waals surface area contributed by atoms with Crippen molar-refractivity contribution < 1.29 is 4.74 Å². The van der Waals surface area contributed by atoms with Crippen LogP contribution >= 0.6 is 0 Å². The largest absolute Gasteiger partial charge is 0.380 e. The van der Waals surface area contributed by atoms with E-state index in [-0.39, 0.29) is 0 Å². The normalized spacial score (nSPS) is 12.9. The van der Waals surface area contributed by atoms with Crippen LogP contribution in [0, 0.1) is 0 Å². The predicted molar refractivity (Wildman–Crippen MR) is 65.5 cm³/mol. The standard InChI is InChI=1S/C12H23N3O/c1-4-13-11(10-16-5-2)6-7-12-14-8-9-15(12)3/h8-9,11,13H,4-7,10H2,1-3H3. The summed E-state index contributed by atoms with van der Waals surface area (Å²) in [6, 6.07) is 0.432. The summed E-state index contributed by atoms with van der Waals surface area (Å²) >= 11 is 0. The summed E-state index contributed by atoms with van der Waals surface area (Å²) < 4.78 is 7.53. The van der Waals surface area contributed by atoms with Gasteiger partial charge in [-0.1, -0.05) is 6.92 Å². The van der Waals surface area contributed by atoms with E-state index >= 15 is 0 Å². The Labute approximate surface area is 98.0 Å². The van der Waals surface area contributed by atoms with Gasteiger partial charge in [-0.05, 0) is 19.9 Å². The van der Waals surface area contributed by atoms with Crippen molar-refractivity contribution in [2.45, 2.75) is 32.7 Å². The first-order valence-corrected chi connectivity index (χ1v) is 6.05. The Kier molecular flexibility index (Phi) is 6.11. The SMILES string of the molecule is CCNC(CCc1nccn1C)COCC. The third-order valence-corrected chi connectivity index (χ3v) is 2.65. The molecule has 0 spiro atoms. The summed E-state index contributed by atoms with van der Waals surface area (Å²) in [5, 5.41) is 3.44. The van der Waals surface area contributed by atoms with Crippen molar-refractivity contribution >= 4 is 0 Å². The monoisotopic (exact) mass is 225 g/mol. The zero-order valence-corrected chi connectivity index (χ0v) is 10.6. The van der Waals surface area contributed by atoms with Gasteiger partial charge in [0.05, 0.1) is 6.61 Å². The first kappa shape index (κ1) is 13.2. The summed E-state index contributed by atoms with van der Waals surface area (Å²) in [4.78, 5) is 4.32. The van der Waals surface area contributed by atoms with Crippen LogP contribution < -0.4 is 5.32 Å². The molecule has 1 rings (SSSR count). The quantitative estimate of drug-likeness (QED) is 0.726. The number of nitrogens with zero attached hydrogens (tertiary/aromatic N) is 2. The third-order valence-electron chi connectivity index (χ3n) is 2.65. The lowest BCUT2D eigenvalue weighted by molar-refractivity contribution is 0.120. The molecule has 4 heteroatoms. The van der Waals surface area contributed by atoms with Crippen LogP contribution in [0.2, 0.25) is 0 Å². The molecule has 0 radical (unpaired) electrons. The molecule has 0 saturated carbocycles. The van der Waals surface area contributed by atoms with Gasteiger partial charge in [-0.3, -0.25) is 0 Å². The van der Waals surface area contributed by atoms with Crippen LogP contribution in [0.25, 0.3) is 0 Å². The summed E-state index contributed by atoms with van der Waals surface area (Å²) in [5.74, 6) is 1.14. The molecule has 0 aromatic carbocycles. The average molecular weight is 225 g/mol. The van der Waals surface area contributed by atoms with E-state index in [0.717, 1.165) is 38.4 Å². The highest BCUT2D eigenvalue weighted by atomic mass is 16.5. The molecule has 0 aliphatic heterocycles. The first-order valence-electron chi connectivity index (χ1n) is 6.05. The lowest BCUT2D eigenvalue weighted by Crippen LogP contribution is -2.34. The molecule has 1 aromatic heterocycles. The molecule has 0 amide bonds. The van der Waals surface area contributed by atoms with Gasteiger partial charge in [-0.15, -0.1) is 0 Å². The Balaban J connectivity index is 2.34. The fourth-order valence-corrected chi connectivity index (χ4v) is 1.73. The Morgan fingerprint density at radius 3 is 2.88 bits per heavy atom. The second-order valence-electron chi connectivity index (χ2n) is 3.91. The zero-order chi connectivity index (χ0) is 11.8. The predicted octanol–water partition coefficient (Wildman–Crippen LogP) is 1.37. The van der Waals surface area contributed by atoms with Crippen molar-refractivity contribution in [3.8, 4) is 0 Å². The van der Waals surface area contributed by atoms with Crippen molar-refractivity contribution in [3.63, 3.8) is 0 Å². The van der Waals surface area contributed by atoms with E-state index < -0.39 is 0 Å². The molecule has 1 heterocycles. The number of likely N-dealkylation sites (N-methyl/N-ethyl adjacent to an activating group) is 1. The van der Waals surface area contributed by atoms with Crippen molar-refractivity contribution in [1.82, 2.24) is 14.9 Å². The van der Waals surface area contributed by atoms with E-state index in [0.29, 0.717) is 6.04 Å². The molecule has 0 bridgehead atoms. The molecule has 16 heavy (non-hydrogen) atoms. The number of hydrogen-bond donors (Lipinski definition) is 1. The molecule has 1 unspecified atom stereocenters. The third kappa shape index (κ3) is 4.33. The molecule has 1 N–H and O–H groups in total. The molecular weight excluding hydrogens is 202 g/mol. The maximum absolute atomic E-state index is 5.46. The number of nitrogens with one attached hydrogen (secondary N) is 1. The highest BCUT2D eigenvalue weighted by Gasteiger charge is 2.09. The van der Waals surface area contributed by atoms with Crippen LogP contribution in [0.3, 0.4) is 0 Å². The zero-order valence-electron chi connectivity index (χ0n) is 10.6. The molecule has 0 fully saturated rings. The van der Waals surface area contributed by atoms with Gasteiger partial charge >= 0.3 is 0 Å². The Morgan fingerprint density at radius 1 is 1.50 bits per heavy atom. The highest BCUT2D eigenvalue weighted by molar-refractivity contribution is 4.92. The summed E-state index contributed by atoms with van der Waals surface area (Å²) in [6.45, 7) is 6.71. The molecule has 4 nitrogen and oxygen atoms in total. The summed E-state index contributed by atoms with van der Waals surface area (Å²) in [6.07, 6.45) is 5.90. The lowest BCUT2D eigenvalue weighted by Gasteiger charge is -2.17. The average Bonchev–Trinajstić information content (AvgIpc) is 2.68. The summed E-state index contributed by atoms with van der Waals surface area (Å²) in [7, 11) is 2.03. The maximum Gasteiger partial charge on any atom is 0.108 e. The van der Waals surface area contributed by atoms with Gasteiger partial charge in [0.1, 0.15) is 5.82 Å². The molecule has 1 aromatic rings. The van der Waals surface area contributed by atoms with Gasteiger partial charge < -0.3 is 14.6 Å². The van der Waals surface area contributed by atoms with Gasteiger partial charge in [0, 0.05) is 38.5 Å². The Morgan fingerprint density at radius 2 is 2.31 bits per heavy atom. The van der Waals surface area contributed by atoms with Crippen molar-refractivity contribution in [3.05, 3.63) is 18.2 Å². The van der Waals surface area contributed by atoms with Crippen LogP contribution in [-0.2, 0) is 18.2 Å². The fraction of sp³-hybridized carbons (Fsp3) is 0.750. The Hall–Kier alpha value is -0.870. The van der Waals surface area contributed by atoms with Crippen LogP contribution in [0.5, 0.6) is 0 Å². The molecule has 0 aliphatic carbocycles. The van der Waals surface area contributed by atoms with E-state index in [4.69, 9.17) is 4.74 Å². The molecular formula is C12H23N3O. The second-order valence-corrected chi connectivity index (χ2v) is 3.91. The van der Waals surface area contributed by atoms with E-state index in [2.05, 4.69) is 21.8 Å². The number of aryl methyl sites for hydroxylation is 2. The van der Waals surface area contributed by atoms with Crippen molar-refractivity contribution in [2.75, 3.05) is 19.8 Å². The minimum atomic E-state index is 0.432. The van der Waals surface area contributed by atoms with Gasteiger partial charge in [-0.25, -0.2) is 4.98 Å². The van der Waals surface area contributed by atoms with E-state index in [1.807, 2.05) is 26.4 Å². The van der Waals surface area contributed by atoms with Gasteiger partial charge in [-0.2, -0.15) is 0 Å². The van der Waals surface area contributed by atoms with Crippen LogP contribution in [0.4, 0.5) is 0 Å². The minimum absolute atomic E-state index is 0.432. The fourth-order valence-electron chi connectivity index (χ4n) is 1.73. The second kappa shape index (κ2) is 7.41. The topological polar surface area (TPSA) is 39.1 Å². The van der Waals surface area contributed by atoms with E-state index in [1.54, 1.807) is 0 Å². The lowest BCUT2D eigenvalue weighted by atomic mass is 10.1. The molecule has 0 saturated heterocycles. The molecule has 92 valence electrons. The number of rotatable bonds is 8. The number of ether oxygens (including phenoxy) is 1. The van der Waals surface area contributed by atoms with Crippen LogP contribution in [0.15, 0.2) is 12.4 Å².